The van der Waals surface area contributed by atoms with Crippen LogP contribution >= 0.6 is 0 Å². The smallest absolute Gasteiger partial charge is 0.240 e. The first-order valence-corrected chi connectivity index (χ1v) is 4.24. The molecular weight excluding hydrogens is 176 g/mol. The number of rotatable bonds is 2. The summed E-state index contributed by atoms with van der Waals surface area (Å²) in [5, 5.41) is 0. The van der Waals surface area contributed by atoms with E-state index in [1.807, 2.05) is 6.07 Å². The van der Waals surface area contributed by atoms with E-state index in [0.29, 0.717) is 18.7 Å². The molecule has 0 spiro atoms. The van der Waals surface area contributed by atoms with E-state index in [2.05, 4.69) is 16.8 Å². The van der Waals surface area contributed by atoms with E-state index in [9.17, 15) is 4.79 Å². The summed E-state index contributed by atoms with van der Waals surface area (Å²) in [7, 11) is 0. The summed E-state index contributed by atoms with van der Waals surface area (Å²) in [5.74, 6) is 5.78. The number of nitrogens with two attached hydrogens (primary N) is 1. The van der Waals surface area contributed by atoms with Crippen LogP contribution in [-0.2, 0) is 4.79 Å². The number of carbonyl (C=O) groups excluding carboxylic acids is 1. The van der Waals surface area contributed by atoms with Crippen LogP contribution in [0.2, 0.25) is 0 Å². The van der Waals surface area contributed by atoms with Crippen LogP contribution in [0.5, 0.6) is 0 Å². The Morgan fingerprint density at radius 1 is 1.36 bits per heavy atom. The van der Waals surface area contributed by atoms with Crippen molar-refractivity contribution in [1.82, 2.24) is 0 Å². The molecule has 0 amide bonds. The lowest BCUT2D eigenvalue weighted by Crippen LogP contribution is -1.95. The van der Waals surface area contributed by atoms with Gasteiger partial charge in [0, 0.05) is 13.0 Å². The second-order valence-corrected chi connectivity index (χ2v) is 2.56. The normalized spacial score (nSPS) is 8.36. The molecule has 3 nitrogen and oxygen atoms in total. The highest BCUT2D eigenvalue weighted by Gasteiger charge is 1.94. The molecule has 0 saturated heterocycles. The Morgan fingerprint density at radius 3 is 2.86 bits per heavy atom. The largest absolute Gasteiger partial charge is 0.330 e. The topological polar surface area (TPSA) is 55.4 Å². The van der Waals surface area contributed by atoms with Gasteiger partial charge in [-0.25, -0.2) is 4.79 Å². The maximum absolute atomic E-state index is 10.1. The van der Waals surface area contributed by atoms with Crippen LogP contribution in [0.25, 0.3) is 0 Å². The Bertz CT molecular complexity index is 409. The van der Waals surface area contributed by atoms with Crippen LogP contribution in [0, 0.1) is 11.8 Å². The minimum Gasteiger partial charge on any atom is -0.330 e. The summed E-state index contributed by atoms with van der Waals surface area (Å²) >= 11 is 0. The molecule has 0 atom stereocenters. The van der Waals surface area contributed by atoms with Gasteiger partial charge in [0.15, 0.2) is 0 Å². The van der Waals surface area contributed by atoms with Crippen molar-refractivity contribution in [2.45, 2.75) is 6.42 Å². The van der Waals surface area contributed by atoms with Crippen molar-refractivity contribution >= 4 is 11.8 Å². The molecule has 0 aliphatic carbocycles. The van der Waals surface area contributed by atoms with E-state index in [1.165, 1.54) is 6.08 Å². The van der Waals surface area contributed by atoms with Crippen molar-refractivity contribution in [2.75, 3.05) is 6.54 Å². The van der Waals surface area contributed by atoms with Crippen molar-refractivity contribution in [1.29, 1.82) is 0 Å². The lowest BCUT2D eigenvalue weighted by atomic mass is 10.2. The van der Waals surface area contributed by atoms with Gasteiger partial charge >= 0.3 is 0 Å². The van der Waals surface area contributed by atoms with Crippen molar-refractivity contribution < 1.29 is 4.79 Å². The number of hydrogen-bond donors (Lipinski definition) is 1. The zero-order valence-electron chi connectivity index (χ0n) is 7.66. The Kier molecular flexibility index (Phi) is 4.16. The van der Waals surface area contributed by atoms with Crippen LogP contribution in [0.3, 0.4) is 0 Å². The van der Waals surface area contributed by atoms with E-state index in [1.54, 1.807) is 18.2 Å². The van der Waals surface area contributed by atoms with Crippen LogP contribution < -0.4 is 5.73 Å². The van der Waals surface area contributed by atoms with Gasteiger partial charge < -0.3 is 5.73 Å². The molecule has 1 aromatic carbocycles. The summed E-state index contributed by atoms with van der Waals surface area (Å²) < 4.78 is 0. The number of aliphatic imine (C=N–C) groups is 1. The van der Waals surface area contributed by atoms with Crippen LogP contribution in [0.1, 0.15) is 12.0 Å². The van der Waals surface area contributed by atoms with Crippen molar-refractivity contribution in [3.63, 3.8) is 0 Å². The molecule has 0 saturated carbocycles. The lowest BCUT2D eigenvalue weighted by Gasteiger charge is -1.93. The number of hydrogen-bond acceptors (Lipinski definition) is 3. The highest BCUT2D eigenvalue weighted by molar-refractivity contribution is 5.59. The summed E-state index contributed by atoms with van der Waals surface area (Å²) in [6.45, 7) is 0.534. The maximum Gasteiger partial charge on any atom is 0.240 e. The minimum absolute atomic E-state index is 0.534. The fraction of sp³-hybridized carbons (Fsp3) is 0.182. The van der Waals surface area contributed by atoms with Gasteiger partial charge in [0.2, 0.25) is 6.08 Å². The SMILES string of the molecule is NCCC#Cc1ccccc1N=C=O. The van der Waals surface area contributed by atoms with Gasteiger partial charge in [-0.3, -0.25) is 0 Å². The Labute approximate surface area is 82.7 Å². The molecule has 0 aliphatic rings. The number of benzene rings is 1. The van der Waals surface area contributed by atoms with E-state index in [4.69, 9.17) is 5.73 Å². The molecule has 0 unspecified atom stereocenters. The third kappa shape index (κ3) is 2.87. The van der Waals surface area contributed by atoms with E-state index in [-0.39, 0.29) is 0 Å². The van der Waals surface area contributed by atoms with Gasteiger partial charge in [-0.1, -0.05) is 24.0 Å². The molecular formula is C11H10N2O. The van der Waals surface area contributed by atoms with Gasteiger partial charge in [0.25, 0.3) is 0 Å². The molecule has 2 N–H and O–H groups in total. The van der Waals surface area contributed by atoms with E-state index < -0.39 is 0 Å². The third-order valence-corrected chi connectivity index (χ3v) is 1.56. The molecule has 0 radical (unpaired) electrons. The Balaban J connectivity index is 2.97. The Hall–Kier alpha value is -1.88. The lowest BCUT2D eigenvalue weighted by molar-refractivity contribution is 0.565. The first-order valence-electron chi connectivity index (χ1n) is 4.24. The maximum atomic E-state index is 10.1. The van der Waals surface area contributed by atoms with Crippen LogP contribution in [0.4, 0.5) is 5.69 Å². The first-order chi connectivity index (χ1) is 6.88. The van der Waals surface area contributed by atoms with Crippen molar-refractivity contribution in [3.05, 3.63) is 29.8 Å². The molecule has 0 fully saturated rings. The second kappa shape index (κ2) is 5.71. The highest BCUT2D eigenvalue weighted by Crippen LogP contribution is 2.16. The van der Waals surface area contributed by atoms with Gasteiger partial charge in [0.05, 0.1) is 11.3 Å². The summed E-state index contributed by atoms with van der Waals surface area (Å²) in [6, 6.07) is 7.16. The molecule has 0 bridgehead atoms. The summed E-state index contributed by atoms with van der Waals surface area (Å²) in [4.78, 5) is 13.6. The standard InChI is InChI=1S/C11H10N2O/c12-8-4-3-6-10-5-1-2-7-11(10)13-9-14/h1-2,5,7H,4,8,12H2. The molecule has 70 valence electrons. The monoisotopic (exact) mass is 186 g/mol. The average Bonchev–Trinajstić information content (AvgIpc) is 2.21. The van der Waals surface area contributed by atoms with Crippen LogP contribution in [-0.4, -0.2) is 12.6 Å². The molecule has 0 aromatic heterocycles. The van der Waals surface area contributed by atoms with Gasteiger partial charge in [-0.15, -0.1) is 0 Å². The molecule has 1 rings (SSSR count). The van der Waals surface area contributed by atoms with Crippen molar-refractivity contribution in [2.24, 2.45) is 10.7 Å². The van der Waals surface area contributed by atoms with Gasteiger partial charge in [-0.2, -0.15) is 4.99 Å². The number of para-hydroxylation sites is 1. The predicted octanol–water partition coefficient (Wildman–Crippen LogP) is 1.35. The average molecular weight is 186 g/mol. The summed E-state index contributed by atoms with van der Waals surface area (Å²) in [6.07, 6.45) is 2.14. The third-order valence-electron chi connectivity index (χ3n) is 1.56. The molecule has 14 heavy (non-hydrogen) atoms. The van der Waals surface area contributed by atoms with E-state index in [0.717, 1.165) is 5.56 Å². The molecule has 1 aromatic rings. The second-order valence-electron chi connectivity index (χ2n) is 2.56. The zero-order chi connectivity index (χ0) is 10.2. The van der Waals surface area contributed by atoms with Crippen molar-refractivity contribution in [3.8, 4) is 11.8 Å². The highest BCUT2D eigenvalue weighted by atomic mass is 16.1. The number of isocyanates is 1. The van der Waals surface area contributed by atoms with Gasteiger partial charge in [0.1, 0.15) is 0 Å². The quantitative estimate of drug-likeness (QED) is 0.430. The van der Waals surface area contributed by atoms with E-state index >= 15 is 0 Å². The predicted molar refractivity (Wildman–Crippen MR) is 54.8 cm³/mol. The fourth-order valence-electron chi connectivity index (χ4n) is 0.956. The zero-order valence-corrected chi connectivity index (χ0v) is 7.66. The molecule has 0 aliphatic heterocycles. The summed E-state index contributed by atoms with van der Waals surface area (Å²) in [5.41, 5.74) is 6.58. The molecule has 3 heteroatoms. The molecule has 0 heterocycles. The van der Waals surface area contributed by atoms with Crippen LogP contribution in [0.15, 0.2) is 29.3 Å². The fourth-order valence-corrected chi connectivity index (χ4v) is 0.956. The minimum atomic E-state index is 0.534. The Morgan fingerprint density at radius 2 is 2.14 bits per heavy atom. The van der Waals surface area contributed by atoms with Gasteiger partial charge in [-0.05, 0) is 12.1 Å². The first kappa shape index (κ1) is 10.2. The number of nitrogens with zero attached hydrogens (tertiary/aromatic N) is 1.